The van der Waals surface area contributed by atoms with E-state index in [0.29, 0.717) is 22.5 Å². The van der Waals surface area contributed by atoms with Crippen molar-refractivity contribution in [3.05, 3.63) is 0 Å². The number of ketones is 1. The maximum atomic E-state index is 12.2. The maximum absolute atomic E-state index is 12.2. The van der Waals surface area contributed by atoms with Crippen LogP contribution in [0.4, 0.5) is 4.79 Å². The van der Waals surface area contributed by atoms with E-state index in [-0.39, 0.29) is 13.2 Å². The summed E-state index contributed by atoms with van der Waals surface area (Å²) in [7, 11) is 0. The quantitative estimate of drug-likeness (QED) is 0.619. The zero-order valence-corrected chi connectivity index (χ0v) is 18.5. The molecule has 4 fully saturated rings. The van der Waals surface area contributed by atoms with Crippen molar-refractivity contribution in [1.29, 1.82) is 0 Å². The predicted octanol–water partition coefficient (Wildman–Crippen LogP) is 5.30. The fraction of sp³-hybridized carbons (Fsp3) is 0.917. The third-order valence-corrected chi connectivity index (χ3v) is 9.39. The van der Waals surface area contributed by atoms with E-state index < -0.39 is 6.16 Å². The summed E-state index contributed by atoms with van der Waals surface area (Å²) in [6, 6.07) is 0. The topological polar surface area (TPSA) is 83.8 Å². The van der Waals surface area contributed by atoms with Crippen LogP contribution in [-0.4, -0.2) is 35.4 Å². The van der Waals surface area contributed by atoms with E-state index in [0.717, 1.165) is 23.7 Å². The first-order valence-electron chi connectivity index (χ1n) is 11.7. The van der Waals surface area contributed by atoms with Crippen molar-refractivity contribution >= 4 is 11.9 Å². The maximum Gasteiger partial charge on any atom is 0.505 e. The lowest BCUT2D eigenvalue weighted by Crippen LogP contribution is -2.53. The average Bonchev–Trinajstić information content (AvgIpc) is 3.04. The molecular formula is C24H40O5. The molecule has 0 radical (unpaired) electrons. The van der Waals surface area contributed by atoms with Gasteiger partial charge in [0.05, 0.1) is 6.61 Å². The Balaban J connectivity index is 0.000000298. The number of carbonyl (C=O) groups is 2. The van der Waals surface area contributed by atoms with Crippen molar-refractivity contribution in [3.63, 3.8) is 0 Å². The van der Waals surface area contributed by atoms with Gasteiger partial charge < -0.3 is 14.9 Å². The average molecular weight is 409 g/mol. The smallest absolute Gasteiger partial charge is 0.450 e. The molecule has 0 spiro atoms. The summed E-state index contributed by atoms with van der Waals surface area (Å²) in [5.41, 5.74) is 0.974. The largest absolute Gasteiger partial charge is 0.505 e. The van der Waals surface area contributed by atoms with Gasteiger partial charge in [0.2, 0.25) is 0 Å². The zero-order chi connectivity index (χ0) is 21.2. The molecule has 29 heavy (non-hydrogen) atoms. The van der Waals surface area contributed by atoms with Gasteiger partial charge in [-0.2, -0.15) is 0 Å². The van der Waals surface area contributed by atoms with Crippen molar-refractivity contribution in [1.82, 2.24) is 0 Å². The number of hydrogen-bond donors (Lipinski definition) is 2. The highest BCUT2D eigenvalue weighted by Crippen LogP contribution is 2.67. The summed E-state index contributed by atoms with van der Waals surface area (Å²) in [5.74, 6) is 4.60. The lowest BCUT2D eigenvalue weighted by molar-refractivity contribution is -0.133. The monoisotopic (exact) mass is 408 g/mol. The van der Waals surface area contributed by atoms with Crippen LogP contribution in [0.5, 0.6) is 0 Å². The van der Waals surface area contributed by atoms with Gasteiger partial charge in [-0.05, 0) is 92.8 Å². The molecule has 0 aromatic rings. The number of carbonyl (C=O) groups excluding carboxylic acids is 1. The highest BCUT2D eigenvalue weighted by molar-refractivity contribution is 5.79. The molecule has 4 rings (SSSR count). The van der Waals surface area contributed by atoms with Crippen LogP contribution in [0.15, 0.2) is 0 Å². The molecule has 0 heterocycles. The highest BCUT2D eigenvalue weighted by Gasteiger charge is 2.60. The van der Waals surface area contributed by atoms with Crippen LogP contribution >= 0.6 is 0 Å². The Kier molecular flexibility index (Phi) is 6.97. The molecule has 7 atom stereocenters. The number of hydrogen-bond acceptors (Lipinski definition) is 4. The summed E-state index contributed by atoms with van der Waals surface area (Å²) in [6.07, 6.45) is 12.8. The molecule has 0 bridgehead atoms. The van der Waals surface area contributed by atoms with Crippen molar-refractivity contribution in [2.45, 2.75) is 85.0 Å². The SMILES string of the molecule is CC(=O)C1CCC2C3CCC4CCCCC4(C)C3CCC12C.O=C(O)OCCO. The molecule has 7 unspecified atom stereocenters. The molecule has 0 aromatic heterocycles. The van der Waals surface area contributed by atoms with Crippen molar-refractivity contribution in [2.75, 3.05) is 13.2 Å². The standard InChI is InChI=1S/C21H34O.C3H6O4/c1-14(22)17-9-10-18-16-8-7-15-6-4-5-12-20(15,2)19(16)11-13-21(17,18)3;4-1-2-7-3(5)6/h15-19H,4-13H2,1-3H3;4H,1-2H2,(H,5,6). The number of fused-ring (bicyclic) bond motifs is 5. The molecule has 4 aliphatic rings. The number of carboxylic acid groups (broad SMARTS) is 1. The predicted molar refractivity (Wildman–Crippen MR) is 112 cm³/mol. The van der Waals surface area contributed by atoms with Crippen LogP contribution in [-0.2, 0) is 9.53 Å². The van der Waals surface area contributed by atoms with E-state index in [1.54, 1.807) is 0 Å². The minimum absolute atomic E-state index is 0.144. The van der Waals surface area contributed by atoms with Gasteiger partial charge >= 0.3 is 6.16 Å². The minimum atomic E-state index is -1.35. The van der Waals surface area contributed by atoms with Crippen LogP contribution in [0.1, 0.15) is 85.0 Å². The Hall–Kier alpha value is -1.10. The first-order chi connectivity index (χ1) is 13.7. The van der Waals surface area contributed by atoms with Crippen LogP contribution in [0.25, 0.3) is 0 Å². The van der Waals surface area contributed by atoms with E-state index in [1.165, 1.54) is 64.2 Å². The van der Waals surface area contributed by atoms with Gasteiger partial charge in [0.1, 0.15) is 12.4 Å². The van der Waals surface area contributed by atoms with Crippen molar-refractivity contribution in [2.24, 2.45) is 40.4 Å². The molecule has 5 nitrogen and oxygen atoms in total. The van der Waals surface area contributed by atoms with Crippen LogP contribution < -0.4 is 0 Å². The summed E-state index contributed by atoms with van der Waals surface area (Å²) in [4.78, 5) is 21.6. The van der Waals surface area contributed by atoms with Crippen LogP contribution in [0, 0.1) is 40.4 Å². The third-order valence-electron chi connectivity index (χ3n) is 9.39. The van der Waals surface area contributed by atoms with Gasteiger partial charge in [0, 0.05) is 5.92 Å². The zero-order valence-electron chi connectivity index (χ0n) is 18.5. The van der Waals surface area contributed by atoms with Gasteiger partial charge in [-0.1, -0.05) is 26.7 Å². The van der Waals surface area contributed by atoms with Gasteiger partial charge in [-0.3, -0.25) is 4.79 Å². The van der Waals surface area contributed by atoms with Gasteiger partial charge in [-0.25, -0.2) is 4.79 Å². The number of ether oxygens (including phenoxy) is 1. The number of aliphatic hydroxyl groups is 1. The lowest BCUT2D eigenvalue weighted by Gasteiger charge is -2.60. The highest BCUT2D eigenvalue weighted by atomic mass is 16.7. The van der Waals surface area contributed by atoms with Crippen LogP contribution in [0.2, 0.25) is 0 Å². The van der Waals surface area contributed by atoms with Gasteiger partial charge in [0.15, 0.2) is 0 Å². The molecule has 2 N–H and O–H groups in total. The molecule has 5 heteroatoms. The molecule has 0 aromatic carbocycles. The second-order valence-corrected chi connectivity index (χ2v) is 10.5. The Morgan fingerprint density at radius 3 is 2.28 bits per heavy atom. The van der Waals surface area contributed by atoms with E-state index in [2.05, 4.69) is 18.6 Å². The molecule has 0 saturated heterocycles. The Labute approximate surface area is 175 Å². The molecule has 0 amide bonds. The summed E-state index contributed by atoms with van der Waals surface area (Å²) >= 11 is 0. The third kappa shape index (κ3) is 4.22. The van der Waals surface area contributed by atoms with Crippen LogP contribution in [0.3, 0.4) is 0 Å². The Morgan fingerprint density at radius 2 is 1.66 bits per heavy atom. The first kappa shape index (κ1) is 22.6. The van der Waals surface area contributed by atoms with Gasteiger partial charge in [0.25, 0.3) is 0 Å². The normalized spacial score (nSPS) is 43.1. The molecule has 0 aliphatic heterocycles. The second-order valence-electron chi connectivity index (χ2n) is 10.5. The van der Waals surface area contributed by atoms with E-state index in [1.807, 2.05) is 6.92 Å². The Morgan fingerprint density at radius 1 is 0.931 bits per heavy atom. The van der Waals surface area contributed by atoms with Crippen molar-refractivity contribution in [3.8, 4) is 0 Å². The molecule has 166 valence electrons. The number of Topliss-reactive ketones (excluding diaryl/α,β-unsaturated/α-hetero) is 1. The molecule has 4 aliphatic carbocycles. The summed E-state index contributed by atoms with van der Waals surface area (Å²) in [5, 5.41) is 15.6. The molecule has 4 saturated carbocycles. The number of rotatable bonds is 3. The summed E-state index contributed by atoms with van der Waals surface area (Å²) in [6.45, 7) is 6.57. The summed E-state index contributed by atoms with van der Waals surface area (Å²) < 4.78 is 3.86. The first-order valence-corrected chi connectivity index (χ1v) is 11.7. The second kappa shape index (κ2) is 8.95. The Bertz CT molecular complexity index is 604. The van der Waals surface area contributed by atoms with Crippen molar-refractivity contribution < 1.29 is 24.5 Å². The van der Waals surface area contributed by atoms with E-state index in [9.17, 15) is 9.59 Å². The molecular weight excluding hydrogens is 368 g/mol. The van der Waals surface area contributed by atoms with E-state index >= 15 is 0 Å². The fourth-order valence-electron chi connectivity index (χ4n) is 8.10. The minimum Gasteiger partial charge on any atom is -0.450 e. The van der Waals surface area contributed by atoms with Gasteiger partial charge in [-0.15, -0.1) is 0 Å². The number of aliphatic hydroxyl groups excluding tert-OH is 1. The fourth-order valence-corrected chi connectivity index (χ4v) is 8.10. The van der Waals surface area contributed by atoms with E-state index in [4.69, 9.17) is 10.2 Å². The lowest BCUT2D eigenvalue weighted by atomic mass is 9.45.